The number of hydrogen-bond acceptors (Lipinski definition) is 6. The lowest BCUT2D eigenvalue weighted by Gasteiger charge is -2.52. The molecule has 0 aromatic heterocycles. The molecule has 0 saturated carbocycles. The van der Waals surface area contributed by atoms with E-state index in [9.17, 15) is 14.7 Å². The Morgan fingerprint density at radius 2 is 1.43 bits per heavy atom. The Kier molecular flexibility index (Phi) is 8.09. The van der Waals surface area contributed by atoms with Crippen LogP contribution in [-0.2, 0) is 15.1 Å². The monoisotopic (exact) mass is 545 g/mol. The van der Waals surface area contributed by atoms with Gasteiger partial charge in [-0.3, -0.25) is 4.79 Å². The number of carbonyl (C=O) groups excluding carboxylic acids is 2. The van der Waals surface area contributed by atoms with E-state index in [-0.39, 0.29) is 17.9 Å². The Balaban J connectivity index is 1.28. The normalized spacial score (nSPS) is 21.9. The third-order valence-corrected chi connectivity index (χ3v) is 8.51. The van der Waals surface area contributed by atoms with Crippen LogP contribution in [0.5, 0.6) is 11.5 Å². The maximum absolute atomic E-state index is 13.7. The van der Waals surface area contributed by atoms with Crippen LogP contribution < -0.4 is 14.8 Å². The first kappa shape index (κ1) is 27.7. The minimum absolute atomic E-state index is 0.252. The summed E-state index contributed by atoms with van der Waals surface area (Å²) in [5.74, 6) is 0.265. The van der Waals surface area contributed by atoms with Crippen LogP contribution in [0.4, 0.5) is 0 Å². The van der Waals surface area contributed by atoms with Gasteiger partial charge in [0.15, 0.2) is 6.10 Å². The van der Waals surface area contributed by atoms with Crippen molar-refractivity contribution in [1.29, 1.82) is 0 Å². The van der Waals surface area contributed by atoms with Gasteiger partial charge in [0.05, 0.1) is 40.4 Å². The van der Waals surface area contributed by atoms with Gasteiger partial charge in [-0.2, -0.15) is 0 Å². The van der Waals surface area contributed by atoms with E-state index in [4.69, 9.17) is 14.2 Å². The number of ether oxygens (including phenoxy) is 3. The molecule has 8 heteroatoms. The van der Waals surface area contributed by atoms with E-state index in [2.05, 4.69) is 5.32 Å². The van der Waals surface area contributed by atoms with Crippen molar-refractivity contribution in [2.75, 3.05) is 46.9 Å². The fraction of sp³-hybridized carbons (Fsp3) is 0.375. The van der Waals surface area contributed by atoms with Crippen molar-refractivity contribution in [1.82, 2.24) is 5.32 Å². The molecular weight excluding hydrogens is 508 g/mol. The molecular formula is C32H37N2O6+. The second-order valence-electron chi connectivity index (χ2n) is 10.7. The van der Waals surface area contributed by atoms with Crippen molar-refractivity contribution in [2.45, 2.75) is 24.5 Å². The van der Waals surface area contributed by atoms with Gasteiger partial charge in [0.25, 0.3) is 5.91 Å². The molecule has 0 spiro atoms. The minimum atomic E-state index is -1.90. The topological polar surface area (TPSA) is 94.1 Å². The summed E-state index contributed by atoms with van der Waals surface area (Å²) in [6.45, 7) is 3.77. The number of piperidine rings is 3. The number of amides is 1. The van der Waals surface area contributed by atoms with Gasteiger partial charge in [-0.25, -0.2) is 4.79 Å². The number of fused-ring (bicyclic) bond motifs is 3. The second kappa shape index (κ2) is 11.7. The Hall–Kier alpha value is -3.88. The average molecular weight is 546 g/mol. The number of hydrogen-bond donors (Lipinski definition) is 2. The van der Waals surface area contributed by atoms with Crippen molar-refractivity contribution in [3.05, 3.63) is 95.6 Å². The third-order valence-electron chi connectivity index (χ3n) is 8.51. The zero-order valence-corrected chi connectivity index (χ0v) is 23.0. The molecule has 6 rings (SSSR count). The van der Waals surface area contributed by atoms with Crippen molar-refractivity contribution in [2.24, 2.45) is 5.92 Å². The summed E-state index contributed by atoms with van der Waals surface area (Å²) in [4.78, 5) is 26.8. The van der Waals surface area contributed by atoms with Crippen molar-refractivity contribution in [3.63, 3.8) is 0 Å². The van der Waals surface area contributed by atoms with Gasteiger partial charge < -0.3 is 29.1 Å². The predicted molar refractivity (Wildman–Crippen MR) is 150 cm³/mol. The molecule has 0 radical (unpaired) electrons. The highest BCUT2D eigenvalue weighted by Crippen LogP contribution is 2.38. The molecule has 3 heterocycles. The molecule has 1 atom stereocenters. The molecule has 1 amide bonds. The summed E-state index contributed by atoms with van der Waals surface area (Å²) in [6, 6.07) is 23.2. The number of benzene rings is 3. The first-order valence-electron chi connectivity index (χ1n) is 13.8. The molecule has 3 fully saturated rings. The van der Waals surface area contributed by atoms with Crippen LogP contribution >= 0.6 is 0 Å². The summed E-state index contributed by atoms with van der Waals surface area (Å²) in [5, 5.41) is 14.9. The lowest BCUT2D eigenvalue weighted by atomic mass is 9.82. The smallest absolute Gasteiger partial charge is 0.348 e. The molecule has 2 N–H and O–H groups in total. The number of carbonyl (C=O) groups is 2. The van der Waals surface area contributed by atoms with Gasteiger partial charge in [-0.15, -0.1) is 0 Å². The van der Waals surface area contributed by atoms with Crippen LogP contribution in [0, 0.1) is 5.92 Å². The highest BCUT2D eigenvalue weighted by molar-refractivity contribution is 5.99. The number of quaternary nitrogens is 1. The fourth-order valence-electron chi connectivity index (χ4n) is 6.22. The Morgan fingerprint density at radius 1 is 0.875 bits per heavy atom. The van der Waals surface area contributed by atoms with Crippen LogP contribution in [-0.4, -0.2) is 74.5 Å². The number of rotatable bonds is 10. The molecule has 8 nitrogen and oxygen atoms in total. The van der Waals surface area contributed by atoms with Crippen molar-refractivity contribution >= 4 is 11.9 Å². The Labute approximate surface area is 235 Å². The molecule has 210 valence electrons. The van der Waals surface area contributed by atoms with Gasteiger partial charge in [-0.1, -0.05) is 66.7 Å². The summed E-state index contributed by atoms with van der Waals surface area (Å²) >= 11 is 0. The van der Waals surface area contributed by atoms with Crippen molar-refractivity contribution in [3.8, 4) is 11.5 Å². The van der Waals surface area contributed by atoms with Crippen LogP contribution in [0.1, 0.15) is 34.3 Å². The molecule has 3 aromatic carbocycles. The van der Waals surface area contributed by atoms with Crippen LogP contribution in [0.3, 0.4) is 0 Å². The lowest BCUT2D eigenvalue weighted by molar-refractivity contribution is -0.945. The molecule has 0 unspecified atom stereocenters. The van der Waals surface area contributed by atoms with Crippen LogP contribution in [0.15, 0.2) is 78.9 Å². The first-order valence-corrected chi connectivity index (χ1v) is 13.8. The number of nitrogens with one attached hydrogen (secondary N) is 1. The van der Waals surface area contributed by atoms with Gasteiger partial charge in [0.1, 0.15) is 23.6 Å². The van der Waals surface area contributed by atoms with E-state index in [1.165, 1.54) is 14.2 Å². The average Bonchev–Trinajstić information content (AvgIpc) is 3.01. The SMILES string of the molecule is COc1cccc(OC)c1C(=O)NCC[N+]12CCC(CC1)[C@@H](OC(=O)C(O)(c1ccccc1)c1ccccc1)C2. The first-order chi connectivity index (χ1) is 19.4. The maximum Gasteiger partial charge on any atom is 0.348 e. The zero-order chi connectivity index (χ0) is 28.2. The highest BCUT2D eigenvalue weighted by atomic mass is 16.6. The summed E-state index contributed by atoms with van der Waals surface area (Å²) in [5.41, 5.74) is -0.573. The van der Waals surface area contributed by atoms with Gasteiger partial charge in [0.2, 0.25) is 5.60 Å². The Morgan fingerprint density at radius 3 is 1.95 bits per heavy atom. The molecule has 3 aromatic rings. The van der Waals surface area contributed by atoms with Gasteiger partial charge in [-0.05, 0) is 23.3 Å². The highest BCUT2D eigenvalue weighted by Gasteiger charge is 2.50. The van der Waals surface area contributed by atoms with E-state index in [0.29, 0.717) is 47.8 Å². The van der Waals surface area contributed by atoms with Crippen LogP contribution in [0.2, 0.25) is 0 Å². The van der Waals surface area contributed by atoms with Crippen LogP contribution in [0.25, 0.3) is 0 Å². The molecule has 3 saturated heterocycles. The molecule has 2 bridgehead atoms. The van der Waals surface area contributed by atoms with E-state index >= 15 is 0 Å². The number of methoxy groups -OCH3 is 2. The number of nitrogens with zero attached hydrogens (tertiary/aromatic N) is 1. The van der Waals surface area contributed by atoms with E-state index in [1.54, 1.807) is 66.7 Å². The fourth-order valence-corrected chi connectivity index (χ4v) is 6.22. The summed E-state index contributed by atoms with van der Waals surface area (Å²) < 4.78 is 17.7. The minimum Gasteiger partial charge on any atom is -0.496 e. The van der Waals surface area contributed by atoms with E-state index in [0.717, 1.165) is 30.4 Å². The summed E-state index contributed by atoms with van der Waals surface area (Å²) in [6.07, 6.45) is 1.56. The van der Waals surface area contributed by atoms with Crippen molar-refractivity contribution < 1.29 is 33.4 Å². The molecule has 40 heavy (non-hydrogen) atoms. The lowest BCUT2D eigenvalue weighted by Crippen LogP contribution is -2.66. The quantitative estimate of drug-likeness (QED) is 0.299. The zero-order valence-electron chi connectivity index (χ0n) is 23.0. The molecule has 3 aliphatic heterocycles. The number of aliphatic hydroxyl groups is 1. The van der Waals surface area contributed by atoms with Gasteiger partial charge in [0, 0.05) is 18.8 Å². The summed E-state index contributed by atoms with van der Waals surface area (Å²) in [7, 11) is 3.06. The predicted octanol–water partition coefficient (Wildman–Crippen LogP) is 3.52. The third kappa shape index (κ3) is 5.29. The molecule has 3 aliphatic rings. The van der Waals surface area contributed by atoms with Gasteiger partial charge >= 0.3 is 5.97 Å². The largest absolute Gasteiger partial charge is 0.496 e. The second-order valence-corrected chi connectivity index (χ2v) is 10.7. The molecule has 0 aliphatic carbocycles. The van der Waals surface area contributed by atoms with E-state index < -0.39 is 11.6 Å². The Bertz CT molecular complexity index is 1260. The maximum atomic E-state index is 13.7. The standard InChI is InChI=1S/C32H36N2O6/c1-38-26-14-9-15-27(39-2)29(26)30(35)33-18-21-34-19-16-23(17-20-34)28(22-34)40-31(36)32(37,24-10-5-3-6-11-24)25-12-7-4-8-13-25/h3-15,23,28,37H,16-22H2,1-2H3/p+1/t23?,28-,34?/m0/s1. The van der Waals surface area contributed by atoms with E-state index in [1.807, 2.05) is 12.1 Å². The number of esters is 1.